The number of halogens is 1. The second kappa shape index (κ2) is 5.47. The van der Waals surface area contributed by atoms with Crippen LogP contribution in [0.3, 0.4) is 0 Å². The van der Waals surface area contributed by atoms with Crippen LogP contribution in [0.15, 0.2) is 60.8 Å². The second-order valence-electron chi connectivity index (χ2n) is 6.71. The number of allylic oxidation sites excluding steroid dienone is 2. The van der Waals surface area contributed by atoms with Crippen molar-refractivity contribution >= 4 is 33.7 Å². The summed E-state index contributed by atoms with van der Waals surface area (Å²) in [5.74, 6) is 0. The lowest BCUT2D eigenvalue weighted by molar-refractivity contribution is 0.974. The van der Waals surface area contributed by atoms with E-state index in [9.17, 15) is 0 Å². The Labute approximate surface area is 151 Å². The summed E-state index contributed by atoms with van der Waals surface area (Å²) in [7, 11) is 0. The third-order valence-corrected chi connectivity index (χ3v) is 5.21. The lowest BCUT2D eigenvalue weighted by Gasteiger charge is -2.17. The molecule has 1 aromatic carbocycles. The molecule has 1 aliphatic rings. The molecule has 25 heavy (non-hydrogen) atoms. The molecule has 3 heteroatoms. The van der Waals surface area contributed by atoms with Crippen LogP contribution in [-0.2, 0) is 0 Å². The van der Waals surface area contributed by atoms with Crippen molar-refractivity contribution < 1.29 is 0 Å². The molecule has 0 saturated heterocycles. The van der Waals surface area contributed by atoms with E-state index in [0.717, 1.165) is 34.6 Å². The highest BCUT2D eigenvalue weighted by Gasteiger charge is 2.16. The summed E-state index contributed by atoms with van der Waals surface area (Å²) in [5, 5.41) is 1.92. The maximum atomic E-state index is 6.09. The molecule has 0 atom stereocenters. The number of hydrogen-bond donors (Lipinski definition) is 0. The Balaban J connectivity index is 1.88. The average Bonchev–Trinajstić information content (AvgIpc) is 2.94. The van der Waals surface area contributed by atoms with Gasteiger partial charge in [-0.25, -0.2) is 4.98 Å². The van der Waals surface area contributed by atoms with E-state index >= 15 is 0 Å². The zero-order valence-corrected chi connectivity index (χ0v) is 14.7. The number of nitrogens with zero attached hydrogens (tertiary/aromatic N) is 2. The minimum atomic E-state index is 0.757. The van der Waals surface area contributed by atoms with Crippen LogP contribution < -0.4 is 0 Å². The van der Waals surface area contributed by atoms with Gasteiger partial charge in [-0.05, 0) is 78.4 Å². The first-order valence-corrected chi connectivity index (χ1v) is 8.95. The molecule has 2 nitrogen and oxygen atoms in total. The van der Waals surface area contributed by atoms with Gasteiger partial charge >= 0.3 is 0 Å². The molecule has 3 heterocycles. The van der Waals surface area contributed by atoms with Crippen molar-refractivity contribution in [1.29, 1.82) is 0 Å². The molecule has 4 aromatic rings. The van der Waals surface area contributed by atoms with E-state index in [4.69, 9.17) is 16.6 Å². The quantitative estimate of drug-likeness (QED) is 0.417. The summed E-state index contributed by atoms with van der Waals surface area (Å²) in [5.41, 5.74) is 8.25. The fourth-order valence-corrected chi connectivity index (χ4v) is 3.67. The lowest BCUT2D eigenvalue weighted by atomic mass is 9.92. The molecule has 0 amide bonds. The number of pyridine rings is 2. The summed E-state index contributed by atoms with van der Waals surface area (Å²) in [4.78, 5) is 5.01. The molecule has 5 rings (SSSR count). The van der Waals surface area contributed by atoms with Gasteiger partial charge in [0.15, 0.2) is 0 Å². The van der Waals surface area contributed by atoms with Crippen molar-refractivity contribution in [3.05, 3.63) is 77.1 Å². The van der Waals surface area contributed by atoms with Gasteiger partial charge in [0.1, 0.15) is 5.65 Å². The van der Waals surface area contributed by atoms with Gasteiger partial charge in [-0.2, -0.15) is 0 Å². The van der Waals surface area contributed by atoms with Crippen molar-refractivity contribution in [2.75, 3.05) is 0 Å². The Morgan fingerprint density at radius 3 is 2.56 bits per heavy atom. The molecule has 1 aliphatic carbocycles. The molecular formula is C22H17ClN2. The highest BCUT2D eigenvalue weighted by Crippen LogP contribution is 2.35. The average molecular weight is 345 g/mol. The van der Waals surface area contributed by atoms with Crippen molar-refractivity contribution in [2.24, 2.45) is 0 Å². The second-order valence-corrected chi connectivity index (χ2v) is 7.15. The van der Waals surface area contributed by atoms with E-state index in [1.807, 2.05) is 12.1 Å². The van der Waals surface area contributed by atoms with Crippen LogP contribution in [0.2, 0.25) is 5.02 Å². The largest absolute Gasteiger partial charge is 0.301 e. The van der Waals surface area contributed by atoms with Gasteiger partial charge in [0.25, 0.3) is 0 Å². The number of benzene rings is 1. The zero-order valence-electron chi connectivity index (χ0n) is 14.0. The van der Waals surface area contributed by atoms with Crippen molar-refractivity contribution in [1.82, 2.24) is 9.38 Å². The first-order valence-electron chi connectivity index (χ1n) is 8.57. The van der Waals surface area contributed by atoms with Crippen LogP contribution in [0.25, 0.3) is 33.3 Å². The number of rotatable bonds is 2. The first-order chi connectivity index (χ1) is 12.2. The van der Waals surface area contributed by atoms with Crippen LogP contribution >= 0.6 is 11.6 Å². The van der Waals surface area contributed by atoms with Gasteiger partial charge in [-0.15, -0.1) is 0 Å². The van der Waals surface area contributed by atoms with Crippen LogP contribution in [0, 0.1) is 6.92 Å². The summed E-state index contributed by atoms with van der Waals surface area (Å²) < 4.78 is 2.20. The van der Waals surface area contributed by atoms with Crippen LogP contribution in [0.4, 0.5) is 0 Å². The molecule has 0 fully saturated rings. The highest BCUT2D eigenvalue weighted by molar-refractivity contribution is 6.30. The first kappa shape index (κ1) is 14.7. The zero-order chi connectivity index (χ0) is 17.0. The summed E-state index contributed by atoms with van der Waals surface area (Å²) in [6.07, 6.45) is 6.70. The molecule has 0 aliphatic heterocycles. The Morgan fingerprint density at radius 1 is 1.04 bits per heavy atom. The topological polar surface area (TPSA) is 17.3 Å². The monoisotopic (exact) mass is 344 g/mol. The summed E-state index contributed by atoms with van der Waals surface area (Å²) in [6.45, 7) is 2.12. The van der Waals surface area contributed by atoms with E-state index in [2.05, 4.69) is 60.0 Å². The SMILES string of the molecule is Cc1cc2ccc3c(-c4ccc(Cl)cc4)cc(C4=CCC4)nc3n2c1. The van der Waals surface area contributed by atoms with Gasteiger partial charge in [-0.3, -0.25) is 0 Å². The number of fused-ring (bicyclic) bond motifs is 3. The van der Waals surface area contributed by atoms with Gasteiger partial charge in [0.2, 0.25) is 0 Å². The molecule has 0 saturated carbocycles. The van der Waals surface area contributed by atoms with Crippen LogP contribution in [0.1, 0.15) is 24.1 Å². The van der Waals surface area contributed by atoms with Gasteiger partial charge in [-0.1, -0.05) is 29.8 Å². The third-order valence-electron chi connectivity index (χ3n) is 4.96. The summed E-state index contributed by atoms with van der Waals surface area (Å²) in [6, 6.07) is 16.8. The minimum absolute atomic E-state index is 0.757. The highest BCUT2D eigenvalue weighted by atomic mass is 35.5. The molecular weight excluding hydrogens is 328 g/mol. The van der Waals surface area contributed by atoms with Crippen molar-refractivity contribution in [2.45, 2.75) is 19.8 Å². The standard InChI is InChI=1S/C22H17ClN2/c1-14-11-18-9-10-19-20(15-5-7-17(23)8-6-15)12-21(16-3-2-4-16)24-22(19)25(18)13-14/h3,5-13H,2,4H2,1H3. The number of aryl methyl sites for hydroxylation is 1. The van der Waals surface area contributed by atoms with Gasteiger partial charge < -0.3 is 4.40 Å². The van der Waals surface area contributed by atoms with Crippen LogP contribution in [-0.4, -0.2) is 9.38 Å². The van der Waals surface area contributed by atoms with E-state index < -0.39 is 0 Å². The predicted octanol–water partition coefficient (Wildman–Crippen LogP) is 6.29. The van der Waals surface area contributed by atoms with Crippen LogP contribution in [0.5, 0.6) is 0 Å². The minimum Gasteiger partial charge on any atom is -0.301 e. The molecule has 0 radical (unpaired) electrons. The molecule has 0 spiro atoms. The van der Waals surface area contributed by atoms with E-state index in [-0.39, 0.29) is 0 Å². The molecule has 3 aromatic heterocycles. The normalized spacial score (nSPS) is 13.9. The van der Waals surface area contributed by atoms with Crippen molar-refractivity contribution in [3.63, 3.8) is 0 Å². The van der Waals surface area contributed by atoms with Crippen molar-refractivity contribution in [3.8, 4) is 11.1 Å². The molecule has 0 unspecified atom stereocenters. The number of hydrogen-bond acceptors (Lipinski definition) is 1. The van der Waals surface area contributed by atoms with Gasteiger partial charge in [0, 0.05) is 22.1 Å². The fraction of sp³-hybridized carbons (Fsp3) is 0.136. The van der Waals surface area contributed by atoms with Gasteiger partial charge in [0.05, 0.1) is 5.69 Å². The number of aromatic nitrogens is 2. The predicted molar refractivity (Wildman–Crippen MR) is 105 cm³/mol. The maximum absolute atomic E-state index is 6.09. The smallest absolute Gasteiger partial charge is 0.145 e. The maximum Gasteiger partial charge on any atom is 0.145 e. The summed E-state index contributed by atoms with van der Waals surface area (Å²) >= 11 is 6.09. The lowest BCUT2D eigenvalue weighted by Crippen LogP contribution is -2.01. The Hall–Kier alpha value is -2.58. The molecule has 0 bridgehead atoms. The Morgan fingerprint density at radius 2 is 1.84 bits per heavy atom. The Kier molecular flexibility index (Phi) is 3.22. The Bertz CT molecular complexity index is 1150. The van der Waals surface area contributed by atoms with E-state index in [1.165, 1.54) is 27.8 Å². The molecule has 0 N–H and O–H groups in total. The van der Waals surface area contributed by atoms with E-state index in [0.29, 0.717) is 0 Å². The fourth-order valence-electron chi connectivity index (χ4n) is 3.54. The van der Waals surface area contributed by atoms with E-state index in [1.54, 1.807) is 0 Å². The third kappa shape index (κ3) is 2.37. The molecule has 122 valence electrons.